The first-order chi connectivity index (χ1) is 9.43. The maximum absolute atomic E-state index is 13.0. The third kappa shape index (κ3) is 3.09. The first kappa shape index (κ1) is 14.8. The molecule has 1 heterocycles. The third-order valence-electron chi connectivity index (χ3n) is 2.56. The van der Waals surface area contributed by atoms with E-state index < -0.39 is 11.7 Å². The van der Waals surface area contributed by atoms with Gasteiger partial charge in [-0.1, -0.05) is 18.2 Å². The Kier molecular flexibility index (Phi) is 4.27. The summed E-state index contributed by atoms with van der Waals surface area (Å²) in [5.74, 6) is 0.506. The van der Waals surface area contributed by atoms with Gasteiger partial charge in [0.2, 0.25) is 0 Å². The average Bonchev–Trinajstić information content (AvgIpc) is 2.41. The van der Waals surface area contributed by atoms with Crippen LogP contribution in [0.5, 0.6) is 0 Å². The van der Waals surface area contributed by atoms with E-state index in [1.807, 2.05) is 6.92 Å². The molecule has 0 aliphatic carbocycles. The lowest BCUT2D eigenvalue weighted by Crippen LogP contribution is -2.09. The minimum Gasteiger partial charge on any atom is -0.369 e. The van der Waals surface area contributed by atoms with Crippen LogP contribution in [-0.2, 0) is 6.18 Å². The van der Waals surface area contributed by atoms with Crippen LogP contribution in [0.1, 0.15) is 12.5 Å². The Labute approximate surface area is 122 Å². The Morgan fingerprint density at radius 1 is 1.25 bits per heavy atom. The minimum atomic E-state index is -4.44. The van der Waals surface area contributed by atoms with E-state index in [4.69, 9.17) is 0 Å². The van der Waals surface area contributed by atoms with E-state index in [1.165, 1.54) is 24.4 Å². The van der Waals surface area contributed by atoms with E-state index in [-0.39, 0.29) is 11.4 Å². The summed E-state index contributed by atoms with van der Waals surface area (Å²) in [6, 6.07) is 5.26. The Morgan fingerprint density at radius 2 is 1.95 bits per heavy atom. The van der Waals surface area contributed by atoms with Crippen molar-refractivity contribution in [3.8, 4) is 11.4 Å². The highest BCUT2D eigenvalue weighted by Crippen LogP contribution is 2.36. The molecule has 0 atom stereocenters. The summed E-state index contributed by atoms with van der Waals surface area (Å²) in [5.41, 5.74) is -0.781. The second kappa shape index (κ2) is 5.78. The zero-order valence-corrected chi connectivity index (χ0v) is 12.1. The van der Waals surface area contributed by atoms with Crippen molar-refractivity contribution in [2.24, 2.45) is 0 Å². The number of hydrogen-bond acceptors (Lipinski definition) is 3. The molecule has 0 fully saturated rings. The molecule has 0 saturated heterocycles. The number of nitrogens with one attached hydrogen (secondary N) is 1. The van der Waals surface area contributed by atoms with E-state index in [0.29, 0.717) is 16.8 Å². The maximum Gasteiger partial charge on any atom is 0.417 e. The molecule has 0 amide bonds. The van der Waals surface area contributed by atoms with E-state index in [9.17, 15) is 13.2 Å². The molecule has 3 nitrogen and oxygen atoms in total. The van der Waals surface area contributed by atoms with Crippen LogP contribution in [0.3, 0.4) is 0 Å². The molecule has 106 valence electrons. The van der Waals surface area contributed by atoms with Crippen molar-refractivity contribution in [3.63, 3.8) is 0 Å². The molecule has 0 saturated carbocycles. The van der Waals surface area contributed by atoms with Crippen LogP contribution in [-0.4, -0.2) is 16.5 Å². The molecule has 1 aromatic heterocycles. The highest BCUT2D eigenvalue weighted by Gasteiger charge is 2.34. The summed E-state index contributed by atoms with van der Waals surface area (Å²) in [4.78, 5) is 8.10. The maximum atomic E-state index is 13.0. The van der Waals surface area contributed by atoms with E-state index >= 15 is 0 Å². The summed E-state index contributed by atoms with van der Waals surface area (Å²) in [7, 11) is 0. The zero-order valence-electron chi connectivity index (χ0n) is 10.5. The van der Waals surface area contributed by atoms with Crippen molar-refractivity contribution >= 4 is 21.7 Å². The fourth-order valence-corrected chi connectivity index (χ4v) is 2.04. The summed E-state index contributed by atoms with van der Waals surface area (Å²) < 4.78 is 39.5. The number of alkyl halides is 3. The Bertz CT molecular complexity index is 614. The van der Waals surface area contributed by atoms with Gasteiger partial charge in [-0.25, -0.2) is 9.97 Å². The SMILES string of the molecule is CCNc1nc(-c2ccccc2C(F)(F)F)ncc1Br. The van der Waals surface area contributed by atoms with Crippen LogP contribution >= 0.6 is 15.9 Å². The molecule has 7 heteroatoms. The summed E-state index contributed by atoms with van der Waals surface area (Å²) in [6.07, 6.45) is -3.00. The van der Waals surface area contributed by atoms with Crippen molar-refractivity contribution in [1.82, 2.24) is 9.97 Å². The van der Waals surface area contributed by atoms with Gasteiger partial charge in [-0.15, -0.1) is 0 Å². The number of hydrogen-bond donors (Lipinski definition) is 1. The van der Waals surface area contributed by atoms with E-state index in [0.717, 1.165) is 6.07 Å². The second-order valence-electron chi connectivity index (χ2n) is 3.96. The zero-order chi connectivity index (χ0) is 14.8. The predicted molar refractivity (Wildman–Crippen MR) is 74.3 cm³/mol. The first-order valence-electron chi connectivity index (χ1n) is 5.86. The van der Waals surface area contributed by atoms with Crippen LogP contribution < -0.4 is 5.32 Å². The molecule has 20 heavy (non-hydrogen) atoms. The largest absolute Gasteiger partial charge is 0.417 e. The molecule has 0 unspecified atom stereocenters. The predicted octanol–water partition coefficient (Wildman–Crippen LogP) is 4.36. The number of aromatic nitrogens is 2. The van der Waals surface area contributed by atoms with Gasteiger partial charge < -0.3 is 5.32 Å². The third-order valence-corrected chi connectivity index (χ3v) is 3.14. The molecule has 2 aromatic rings. The second-order valence-corrected chi connectivity index (χ2v) is 4.82. The van der Waals surface area contributed by atoms with Crippen molar-refractivity contribution in [1.29, 1.82) is 0 Å². The lowest BCUT2D eigenvalue weighted by Gasteiger charge is -2.13. The van der Waals surface area contributed by atoms with Gasteiger partial charge in [0.25, 0.3) is 0 Å². The molecule has 2 rings (SSSR count). The van der Waals surface area contributed by atoms with Crippen molar-refractivity contribution in [3.05, 3.63) is 40.5 Å². The topological polar surface area (TPSA) is 37.8 Å². The molecule has 0 aliphatic rings. The molecule has 0 spiro atoms. The normalized spacial score (nSPS) is 11.4. The van der Waals surface area contributed by atoms with Crippen molar-refractivity contribution in [2.45, 2.75) is 13.1 Å². The van der Waals surface area contributed by atoms with Gasteiger partial charge in [-0.3, -0.25) is 0 Å². The number of halogens is 4. The van der Waals surface area contributed by atoms with Gasteiger partial charge >= 0.3 is 6.18 Å². The van der Waals surface area contributed by atoms with Crippen molar-refractivity contribution in [2.75, 3.05) is 11.9 Å². The van der Waals surface area contributed by atoms with Crippen LogP contribution in [0.25, 0.3) is 11.4 Å². The number of benzene rings is 1. The smallest absolute Gasteiger partial charge is 0.369 e. The Balaban J connectivity index is 2.55. The summed E-state index contributed by atoms with van der Waals surface area (Å²) in [5, 5.41) is 2.96. The van der Waals surface area contributed by atoms with Crippen LogP contribution in [0, 0.1) is 0 Å². The van der Waals surface area contributed by atoms with Gasteiger partial charge in [0.15, 0.2) is 5.82 Å². The van der Waals surface area contributed by atoms with Gasteiger partial charge in [0.1, 0.15) is 5.82 Å². The highest BCUT2D eigenvalue weighted by molar-refractivity contribution is 9.10. The van der Waals surface area contributed by atoms with Gasteiger partial charge in [0, 0.05) is 18.3 Å². The standard InChI is InChI=1S/C13H11BrF3N3/c1-2-18-12-10(14)7-19-11(20-12)8-5-3-4-6-9(8)13(15,16)17/h3-7H,2H2,1H3,(H,18,19,20). The molecule has 0 bridgehead atoms. The van der Waals surface area contributed by atoms with Gasteiger partial charge in [0.05, 0.1) is 10.0 Å². The van der Waals surface area contributed by atoms with Gasteiger partial charge in [-0.2, -0.15) is 13.2 Å². The highest BCUT2D eigenvalue weighted by atomic mass is 79.9. The number of anilines is 1. The van der Waals surface area contributed by atoms with Crippen LogP contribution in [0.2, 0.25) is 0 Å². The first-order valence-corrected chi connectivity index (χ1v) is 6.65. The molecule has 0 aliphatic heterocycles. The fourth-order valence-electron chi connectivity index (χ4n) is 1.71. The lowest BCUT2D eigenvalue weighted by molar-refractivity contribution is -0.137. The molecular formula is C13H11BrF3N3. The Morgan fingerprint density at radius 3 is 2.60 bits per heavy atom. The Hall–Kier alpha value is -1.63. The summed E-state index contributed by atoms with van der Waals surface area (Å²) >= 11 is 3.25. The number of rotatable bonds is 3. The van der Waals surface area contributed by atoms with Crippen LogP contribution in [0.4, 0.5) is 19.0 Å². The lowest BCUT2D eigenvalue weighted by atomic mass is 10.1. The average molecular weight is 346 g/mol. The van der Waals surface area contributed by atoms with Crippen molar-refractivity contribution < 1.29 is 13.2 Å². The molecule has 0 radical (unpaired) electrons. The van der Waals surface area contributed by atoms with Gasteiger partial charge in [-0.05, 0) is 28.9 Å². The molecule has 1 aromatic carbocycles. The fraction of sp³-hybridized carbons (Fsp3) is 0.231. The van der Waals surface area contributed by atoms with E-state index in [1.54, 1.807) is 0 Å². The summed E-state index contributed by atoms with van der Waals surface area (Å²) in [6.45, 7) is 2.48. The van der Waals surface area contributed by atoms with E-state index in [2.05, 4.69) is 31.2 Å². The molecular weight excluding hydrogens is 335 g/mol. The minimum absolute atomic E-state index is 0.0355. The van der Waals surface area contributed by atoms with Crippen LogP contribution in [0.15, 0.2) is 34.9 Å². The monoisotopic (exact) mass is 345 g/mol. The number of nitrogens with zero attached hydrogens (tertiary/aromatic N) is 2. The molecule has 1 N–H and O–H groups in total. The quantitative estimate of drug-likeness (QED) is 0.898.